The summed E-state index contributed by atoms with van der Waals surface area (Å²) in [6, 6.07) is 6.58. The van der Waals surface area contributed by atoms with Crippen molar-refractivity contribution >= 4 is 12.0 Å². The van der Waals surface area contributed by atoms with Gasteiger partial charge in [-0.2, -0.15) is 0 Å². The van der Waals surface area contributed by atoms with Crippen molar-refractivity contribution in [1.29, 1.82) is 0 Å². The van der Waals surface area contributed by atoms with Gasteiger partial charge in [-0.25, -0.2) is 9.59 Å². The monoisotopic (exact) mass is 316 g/mol. The smallest absolute Gasteiger partial charge is 0.335 e. The Hall–Kier alpha value is -2.04. The van der Waals surface area contributed by atoms with Crippen molar-refractivity contribution < 1.29 is 14.7 Å². The number of aromatic carboxylic acids is 1. The fourth-order valence-corrected chi connectivity index (χ4v) is 3.46. The van der Waals surface area contributed by atoms with E-state index in [0.717, 1.165) is 37.4 Å². The number of rotatable bonds is 4. The summed E-state index contributed by atoms with van der Waals surface area (Å²) in [7, 11) is 0. The van der Waals surface area contributed by atoms with Crippen LogP contribution < -0.4 is 5.32 Å². The molecule has 1 saturated heterocycles. The average molecular weight is 316 g/mol. The van der Waals surface area contributed by atoms with Gasteiger partial charge in [0.15, 0.2) is 0 Å². The highest BCUT2D eigenvalue weighted by molar-refractivity contribution is 5.87. The molecule has 1 aromatic rings. The molecule has 5 nitrogen and oxygen atoms in total. The Bertz CT molecular complexity index is 585. The fourth-order valence-electron chi connectivity index (χ4n) is 3.46. The van der Waals surface area contributed by atoms with E-state index in [1.54, 1.807) is 24.3 Å². The lowest BCUT2D eigenvalue weighted by Crippen LogP contribution is -2.47. The molecule has 23 heavy (non-hydrogen) atoms. The standard InChI is InChI=1S/C18H24N2O3/c1-18(15-6-7-15)8-10-20(11-9-18)17(23)19-12-13-2-4-14(5-3-13)16(21)22/h2-5,15H,6-12H2,1H3,(H,19,23)(H,21,22). The maximum atomic E-state index is 12.3. The molecule has 1 aliphatic heterocycles. The number of carboxylic acids is 1. The molecule has 0 spiro atoms. The van der Waals surface area contributed by atoms with Gasteiger partial charge in [-0.1, -0.05) is 19.1 Å². The van der Waals surface area contributed by atoms with Crippen LogP contribution in [-0.2, 0) is 6.54 Å². The van der Waals surface area contributed by atoms with Crippen LogP contribution in [0.15, 0.2) is 24.3 Å². The predicted octanol–water partition coefficient (Wildman–Crippen LogP) is 3.11. The topological polar surface area (TPSA) is 69.6 Å². The first-order chi connectivity index (χ1) is 11.0. The van der Waals surface area contributed by atoms with Crippen molar-refractivity contribution in [3.63, 3.8) is 0 Å². The summed E-state index contributed by atoms with van der Waals surface area (Å²) in [5.41, 5.74) is 1.60. The number of piperidine rings is 1. The molecule has 2 aliphatic rings. The zero-order valence-corrected chi connectivity index (χ0v) is 13.5. The van der Waals surface area contributed by atoms with Gasteiger partial charge in [-0.15, -0.1) is 0 Å². The van der Waals surface area contributed by atoms with Crippen LogP contribution in [0.4, 0.5) is 4.79 Å². The van der Waals surface area contributed by atoms with Gasteiger partial charge in [-0.3, -0.25) is 0 Å². The first-order valence-electron chi connectivity index (χ1n) is 8.33. The highest BCUT2D eigenvalue weighted by atomic mass is 16.4. The molecule has 0 radical (unpaired) electrons. The second-order valence-electron chi connectivity index (χ2n) is 7.08. The molecule has 0 bridgehead atoms. The van der Waals surface area contributed by atoms with E-state index in [9.17, 15) is 9.59 Å². The van der Waals surface area contributed by atoms with Crippen LogP contribution in [0, 0.1) is 11.3 Å². The van der Waals surface area contributed by atoms with Crippen molar-refractivity contribution in [3.05, 3.63) is 35.4 Å². The number of benzene rings is 1. The third-order valence-corrected chi connectivity index (χ3v) is 5.40. The van der Waals surface area contributed by atoms with E-state index >= 15 is 0 Å². The van der Waals surface area contributed by atoms with E-state index in [-0.39, 0.29) is 11.6 Å². The number of amides is 2. The molecular formula is C18H24N2O3. The number of carbonyl (C=O) groups is 2. The average Bonchev–Trinajstić information content (AvgIpc) is 3.39. The van der Waals surface area contributed by atoms with Gasteiger partial charge in [0.25, 0.3) is 0 Å². The van der Waals surface area contributed by atoms with Gasteiger partial charge in [0.2, 0.25) is 0 Å². The predicted molar refractivity (Wildman–Crippen MR) is 87.3 cm³/mol. The van der Waals surface area contributed by atoms with Crippen LogP contribution in [-0.4, -0.2) is 35.1 Å². The molecule has 2 fully saturated rings. The zero-order valence-electron chi connectivity index (χ0n) is 13.5. The summed E-state index contributed by atoms with van der Waals surface area (Å²) in [5.74, 6) is -0.0620. The van der Waals surface area contributed by atoms with Crippen LogP contribution in [0.1, 0.15) is 48.5 Å². The number of nitrogens with one attached hydrogen (secondary N) is 1. The molecule has 0 atom stereocenters. The van der Waals surface area contributed by atoms with Crippen LogP contribution in [0.2, 0.25) is 0 Å². The van der Waals surface area contributed by atoms with E-state index in [4.69, 9.17) is 5.11 Å². The van der Waals surface area contributed by atoms with Gasteiger partial charge in [-0.05, 0) is 54.7 Å². The maximum absolute atomic E-state index is 12.3. The summed E-state index contributed by atoms with van der Waals surface area (Å²) in [4.78, 5) is 25.0. The van der Waals surface area contributed by atoms with Gasteiger partial charge in [0.1, 0.15) is 0 Å². The number of carboxylic acid groups (broad SMARTS) is 1. The minimum Gasteiger partial charge on any atom is -0.478 e. The molecule has 2 amide bonds. The summed E-state index contributed by atoms with van der Waals surface area (Å²) >= 11 is 0. The number of urea groups is 1. The van der Waals surface area contributed by atoms with Crippen LogP contribution in [0.3, 0.4) is 0 Å². The molecule has 3 rings (SSSR count). The Morgan fingerprint density at radius 1 is 1.22 bits per heavy atom. The van der Waals surface area contributed by atoms with Crippen molar-refractivity contribution in [2.24, 2.45) is 11.3 Å². The molecule has 1 saturated carbocycles. The number of likely N-dealkylation sites (tertiary alicyclic amines) is 1. The van der Waals surface area contributed by atoms with Gasteiger partial charge in [0, 0.05) is 19.6 Å². The molecule has 0 unspecified atom stereocenters. The lowest BCUT2D eigenvalue weighted by molar-refractivity contribution is 0.0696. The van der Waals surface area contributed by atoms with E-state index in [1.165, 1.54) is 12.8 Å². The number of hydrogen-bond donors (Lipinski definition) is 2. The third kappa shape index (κ3) is 3.66. The molecule has 1 aromatic carbocycles. The maximum Gasteiger partial charge on any atom is 0.335 e. The van der Waals surface area contributed by atoms with E-state index in [0.29, 0.717) is 12.0 Å². The number of hydrogen-bond acceptors (Lipinski definition) is 2. The molecule has 0 aromatic heterocycles. The summed E-state index contributed by atoms with van der Waals surface area (Å²) in [6.45, 7) is 4.45. The summed E-state index contributed by atoms with van der Waals surface area (Å²) in [5, 5.41) is 11.8. The molecule has 1 aliphatic carbocycles. The van der Waals surface area contributed by atoms with Crippen molar-refractivity contribution in [1.82, 2.24) is 10.2 Å². The Balaban J connectivity index is 1.47. The zero-order chi connectivity index (χ0) is 16.4. The van der Waals surface area contributed by atoms with Gasteiger partial charge in [0.05, 0.1) is 5.56 Å². The minimum absolute atomic E-state index is 0.0230. The Morgan fingerprint density at radius 2 is 1.83 bits per heavy atom. The van der Waals surface area contributed by atoms with Crippen LogP contribution in [0.25, 0.3) is 0 Å². The molecule has 2 N–H and O–H groups in total. The molecular weight excluding hydrogens is 292 g/mol. The first-order valence-corrected chi connectivity index (χ1v) is 8.33. The minimum atomic E-state index is -0.937. The van der Waals surface area contributed by atoms with E-state index in [1.807, 2.05) is 4.90 Å². The SMILES string of the molecule is CC1(C2CC2)CCN(C(=O)NCc2ccc(C(=O)O)cc2)CC1. The quantitative estimate of drug-likeness (QED) is 0.896. The lowest BCUT2D eigenvalue weighted by Gasteiger charge is -2.39. The first kappa shape index (κ1) is 15.8. The largest absolute Gasteiger partial charge is 0.478 e. The van der Waals surface area contributed by atoms with E-state index < -0.39 is 5.97 Å². The van der Waals surface area contributed by atoms with Gasteiger partial charge >= 0.3 is 12.0 Å². The summed E-state index contributed by atoms with van der Waals surface area (Å²) < 4.78 is 0. The van der Waals surface area contributed by atoms with E-state index in [2.05, 4.69) is 12.2 Å². The fraction of sp³-hybridized carbons (Fsp3) is 0.556. The normalized spacial score (nSPS) is 20.1. The number of nitrogens with zero attached hydrogens (tertiary/aromatic N) is 1. The lowest BCUT2D eigenvalue weighted by atomic mass is 9.76. The second kappa shape index (κ2) is 6.22. The molecule has 124 valence electrons. The number of carbonyl (C=O) groups excluding carboxylic acids is 1. The van der Waals surface area contributed by atoms with Gasteiger partial charge < -0.3 is 15.3 Å². The highest BCUT2D eigenvalue weighted by Gasteiger charge is 2.43. The Kier molecular flexibility index (Phi) is 4.28. The van der Waals surface area contributed by atoms with Crippen molar-refractivity contribution in [2.45, 2.75) is 39.2 Å². The van der Waals surface area contributed by atoms with Crippen molar-refractivity contribution in [3.8, 4) is 0 Å². The third-order valence-electron chi connectivity index (χ3n) is 5.40. The Morgan fingerprint density at radius 3 is 2.35 bits per heavy atom. The van der Waals surface area contributed by atoms with Crippen LogP contribution >= 0.6 is 0 Å². The molecule has 5 heteroatoms. The second-order valence-corrected chi connectivity index (χ2v) is 7.08. The molecule has 1 heterocycles. The highest BCUT2D eigenvalue weighted by Crippen LogP contribution is 2.51. The van der Waals surface area contributed by atoms with Crippen molar-refractivity contribution in [2.75, 3.05) is 13.1 Å². The summed E-state index contributed by atoms with van der Waals surface area (Å²) in [6.07, 6.45) is 4.90. The Labute approximate surface area is 136 Å². The van der Waals surface area contributed by atoms with Crippen LogP contribution in [0.5, 0.6) is 0 Å².